The first-order valence-corrected chi connectivity index (χ1v) is 22.8. The fourth-order valence-corrected chi connectivity index (χ4v) is 10.9. The van der Waals surface area contributed by atoms with Crippen molar-refractivity contribution in [3.05, 3.63) is 90.2 Å². The van der Waals surface area contributed by atoms with Gasteiger partial charge in [-0.1, -0.05) is 39.8 Å². The number of amides is 4. The number of piperidine rings is 1. The number of H-pyrrole nitrogens is 2. The number of likely N-dealkylation sites (tertiary alicyclic amines) is 1. The second-order valence-electron chi connectivity index (χ2n) is 19.0. The van der Waals surface area contributed by atoms with Crippen molar-refractivity contribution in [3.8, 4) is 39.5 Å². The van der Waals surface area contributed by atoms with Crippen molar-refractivity contribution in [2.75, 3.05) is 20.8 Å². The van der Waals surface area contributed by atoms with Crippen LogP contribution in [-0.2, 0) is 19.1 Å². The van der Waals surface area contributed by atoms with Gasteiger partial charge >= 0.3 is 12.2 Å². The number of carbonyl (C=O) groups excluding carboxylic acids is 4. The van der Waals surface area contributed by atoms with Gasteiger partial charge in [-0.25, -0.2) is 19.6 Å². The van der Waals surface area contributed by atoms with Crippen molar-refractivity contribution in [3.63, 3.8) is 0 Å². The Balaban J connectivity index is 0.883. The van der Waals surface area contributed by atoms with Gasteiger partial charge in [0.1, 0.15) is 35.2 Å². The maximum atomic E-state index is 14.0. The molecule has 2 aliphatic carbocycles. The summed E-state index contributed by atoms with van der Waals surface area (Å²) in [4.78, 5) is 72.6. The van der Waals surface area contributed by atoms with Gasteiger partial charge < -0.3 is 49.0 Å². The van der Waals surface area contributed by atoms with E-state index in [4.69, 9.17) is 28.6 Å². The SMILES string of the molecule is COC(=O)N[C@H](C(=O)N1CCC[C@H]1c1ncc(-c2ccc3c(c2)OC(c2ccc(C)o2)n2c-3cc3cc(-c4cnc([C@@H]5C6C7C([C@H]76)N5C(=O)[C@@H](NC(=O)OC)C(C)C)[nH]4)ccc32)[nH]1)C(C)C. The summed E-state index contributed by atoms with van der Waals surface area (Å²) in [7, 11) is 2.59. The summed E-state index contributed by atoms with van der Waals surface area (Å²) < 4.78 is 24.9. The van der Waals surface area contributed by atoms with Crippen LogP contribution < -0.4 is 15.4 Å². The number of hydrogen-bond donors (Lipinski definition) is 4. The summed E-state index contributed by atoms with van der Waals surface area (Å²) >= 11 is 0. The van der Waals surface area contributed by atoms with Crippen molar-refractivity contribution < 1.29 is 37.8 Å². The molecule has 12 rings (SSSR count). The van der Waals surface area contributed by atoms with Gasteiger partial charge in [-0.3, -0.25) is 14.2 Å². The molecule has 6 aromatic rings. The van der Waals surface area contributed by atoms with Crippen molar-refractivity contribution in [2.24, 2.45) is 29.6 Å². The molecule has 3 saturated heterocycles. The maximum absolute atomic E-state index is 14.0. The van der Waals surface area contributed by atoms with Crippen molar-refractivity contribution in [2.45, 2.75) is 83.9 Å². The molecule has 4 unspecified atom stereocenters. The summed E-state index contributed by atoms with van der Waals surface area (Å²) in [5.74, 6) is 4.40. The number of ether oxygens (including phenoxy) is 3. The van der Waals surface area contributed by atoms with Crippen LogP contribution in [0.2, 0.25) is 0 Å². The minimum Gasteiger partial charge on any atom is -0.462 e. The van der Waals surface area contributed by atoms with Crippen LogP contribution in [0.15, 0.2) is 71.4 Å². The first-order valence-electron chi connectivity index (χ1n) is 22.8. The normalized spacial score (nSPS) is 24.1. The van der Waals surface area contributed by atoms with Gasteiger partial charge in [-0.2, -0.15) is 0 Å². The Morgan fingerprint density at radius 3 is 2.11 bits per heavy atom. The lowest BCUT2D eigenvalue weighted by atomic mass is 10.0. The standard InChI is InChI=1S/C49H53N9O8/c1-22(2)39(54-48(61)63-6)45(59)56-16-8-9-32(56)43-50-20-30(52-43)26-11-13-28-33-18-27-17-25(12-14-31(27)57(33)47(66-35(28)19-26)34-15-10-24(5)65-34)29-21-51-44(53-29)42-38-36-37(38)41(36)58(42)46(60)40(23(3)4)55-49(62)64-7/h10-15,17-23,32,36-42,47H,8-9,16H2,1-7H3,(H,50,52)(H,51,53)(H,54,61)(H,55,62)/t32-,36+,37?,38?,39-,40-,41?,42-,47?/m0/s1. The second kappa shape index (κ2) is 15.6. The lowest BCUT2D eigenvalue weighted by Crippen LogP contribution is -2.51. The molecule has 17 nitrogen and oxygen atoms in total. The average molecular weight is 896 g/mol. The number of hydrogen-bond acceptors (Lipinski definition) is 10. The van der Waals surface area contributed by atoms with E-state index in [0.717, 1.165) is 69.1 Å². The number of aromatic amines is 2. The quantitative estimate of drug-likeness (QED) is 0.101. The molecule has 342 valence electrons. The Morgan fingerprint density at radius 1 is 0.788 bits per heavy atom. The van der Waals surface area contributed by atoms with Gasteiger partial charge in [0.2, 0.25) is 18.0 Å². The van der Waals surface area contributed by atoms with Crippen LogP contribution in [0.1, 0.15) is 82.0 Å². The predicted molar refractivity (Wildman–Crippen MR) is 241 cm³/mol. The van der Waals surface area contributed by atoms with Crippen molar-refractivity contribution >= 4 is 34.9 Å². The van der Waals surface area contributed by atoms with Crippen LogP contribution in [0.25, 0.3) is 44.7 Å². The van der Waals surface area contributed by atoms with E-state index in [9.17, 15) is 19.2 Å². The molecule has 0 radical (unpaired) electrons. The lowest BCUT2D eigenvalue weighted by molar-refractivity contribution is -0.136. The van der Waals surface area contributed by atoms with E-state index in [1.165, 1.54) is 14.2 Å². The van der Waals surface area contributed by atoms with Crippen LogP contribution in [0.4, 0.5) is 9.59 Å². The number of carbonyl (C=O) groups is 4. The highest BCUT2D eigenvalue weighted by atomic mass is 16.5. The molecular formula is C49H53N9O8. The highest BCUT2D eigenvalue weighted by molar-refractivity contribution is 5.93. The molecule has 4 aromatic heterocycles. The minimum absolute atomic E-state index is 0.0988. The summed E-state index contributed by atoms with van der Waals surface area (Å²) in [5, 5.41) is 6.48. The number of aryl methyl sites for hydroxylation is 1. The number of rotatable bonds is 11. The van der Waals surface area contributed by atoms with E-state index < -0.39 is 30.5 Å². The monoisotopic (exact) mass is 895 g/mol. The van der Waals surface area contributed by atoms with Gasteiger partial charge in [0.25, 0.3) is 0 Å². The molecule has 4 aliphatic heterocycles. The van der Waals surface area contributed by atoms with Crippen LogP contribution in [0.5, 0.6) is 5.75 Å². The van der Waals surface area contributed by atoms with E-state index in [1.54, 1.807) is 11.1 Å². The van der Waals surface area contributed by atoms with E-state index in [2.05, 4.69) is 55.5 Å². The number of furan rings is 1. The number of alkyl carbamates (subject to hydrolysis) is 2. The Kier molecular flexibility index (Phi) is 9.81. The van der Waals surface area contributed by atoms with Gasteiger partial charge in [0, 0.05) is 34.7 Å². The first-order chi connectivity index (χ1) is 31.8. The zero-order chi connectivity index (χ0) is 45.9. The molecule has 5 fully saturated rings. The molecule has 17 heteroatoms. The van der Waals surface area contributed by atoms with Crippen molar-refractivity contribution in [1.29, 1.82) is 0 Å². The summed E-state index contributed by atoms with van der Waals surface area (Å²) in [6.07, 6.45) is 3.34. The molecule has 2 aromatic carbocycles. The molecule has 2 bridgehead atoms. The molecule has 4 N–H and O–H groups in total. The molecule has 8 heterocycles. The topological polar surface area (TPSA) is 202 Å². The van der Waals surface area contributed by atoms with E-state index in [-0.39, 0.29) is 41.8 Å². The van der Waals surface area contributed by atoms with Crippen LogP contribution >= 0.6 is 0 Å². The Hall–Kier alpha value is -7.04. The molecule has 66 heavy (non-hydrogen) atoms. The molecule has 9 atom stereocenters. The number of fused-ring (bicyclic) bond motifs is 6. The predicted octanol–water partition coefficient (Wildman–Crippen LogP) is 7.48. The zero-order valence-corrected chi connectivity index (χ0v) is 37.8. The number of benzene rings is 2. The number of imidazole rings is 2. The maximum Gasteiger partial charge on any atom is 0.407 e. The zero-order valence-electron chi connectivity index (χ0n) is 37.8. The van der Waals surface area contributed by atoms with Gasteiger partial charge in [-0.05, 0) is 91.8 Å². The Labute approximate surface area is 380 Å². The van der Waals surface area contributed by atoms with Crippen LogP contribution in [0, 0.1) is 36.5 Å². The van der Waals surface area contributed by atoms with Gasteiger partial charge in [0.05, 0.1) is 61.3 Å². The highest BCUT2D eigenvalue weighted by Crippen LogP contribution is 2.81. The number of aromatic nitrogens is 5. The van der Waals surface area contributed by atoms with E-state index >= 15 is 0 Å². The van der Waals surface area contributed by atoms with E-state index in [0.29, 0.717) is 41.6 Å². The Morgan fingerprint density at radius 2 is 1.44 bits per heavy atom. The van der Waals surface area contributed by atoms with Crippen molar-refractivity contribution in [1.82, 2.24) is 44.9 Å². The van der Waals surface area contributed by atoms with Crippen LogP contribution in [-0.4, -0.2) is 97.2 Å². The third-order valence-electron chi connectivity index (χ3n) is 14.4. The minimum atomic E-state index is -0.725. The summed E-state index contributed by atoms with van der Waals surface area (Å²) in [5.41, 5.74) is 6.29. The third-order valence-corrected chi connectivity index (χ3v) is 14.4. The lowest BCUT2D eigenvalue weighted by Gasteiger charge is -2.30. The number of methoxy groups -OCH3 is 2. The Bertz CT molecular complexity index is 2920. The third kappa shape index (κ3) is 6.64. The fourth-order valence-electron chi connectivity index (χ4n) is 10.9. The fraction of sp³-hybridized carbons (Fsp3) is 0.429. The summed E-state index contributed by atoms with van der Waals surface area (Å²) in [6, 6.07) is 16.8. The first kappa shape index (κ1) is 41.7. The largest absolute Gasteiger partial charge is 0.462 e. The molecule has 0 spiro atoms. The van der Waals surface area contributed by atoms with Crippen LogP contribution in [0.3, 0.4) is 0 Å². The number of nitrogens with zero attached hydrogens (tertiary/aromatic N) is 5. The molecular weight excluding hydrogens is 843 g/mol. The highest BCUT2D eigenvalue weighted by Gasteiger charge is 2.86. The summed E-state index contributed by atoms with van der Waals surface area (Å²) in [6.45, 7) is 10.1. The van der Waals surface area contributed by atoms with Gasteiger partial charge in [-0.15, -0.1) is 0 Å². The smallest absolute Gasteiger partial charge is 0.407 e. The molecule has 6 aliphatic rings. The second-order valence-corrected chi connectivity index (χ2v) is 19.0. The number of nitrogens with one attached hydrogen (secondary N) is 4. The van der Waals surface area contributed by atoms with Gasteiger partial charge in [0.15, 0.2) is 5.76 Å². The molecule has 2 saturated carbocycles. The molecule has 4 amide bonds. The van der Waals surface area contributed by atoms with E-state index in [1.807, 2.05) is 70.0 Å². The average Bonchev–Trinajstić information content (AvgIpc) is 3.89.